The molecular weight excluding hydrogens is 259 g/mol. The number of carbonyl (C=O) groups is 1. The summed E-state index contributed by atoms with van der Waals surface area (Å²) in [5.74, 6) is -0.357. The molecule has 1 aromatic rings. The number of nitrogens with two attached hydrogens (primary N) is 1. The zero-order valence-corrected chi connectivity index (χ0v) is 11.5. The molecule has 1 aliphatic rings. The molecule has 1 aromatic carbocycles. The van der Waals surface area contributed by atoms with Gasteiger partial charge in [0.05, 0.1) is 12.1 Å². The molecular formula is C15H21FN2O2. The largest absolute Gasteiger partial charge is 0.391 e. The molecule has 2 rings (SSSR count). The zero-order chi connectivity index (χ0) is 14.5. The summed E-state index contributed by atoms with van der Waals surface area (Å²) in [5.41, 5.74) is 5.95. The predicted molar refractivity (Wildman–Crippen MR) is 74.5 cm³/mol. The van der Waals surface area contributed by atoms with Crippen molar-refractivity contribution < 1.29 is 14.3 Å². The van der Waals surface area contributed by atoms with Crippen LogP contribution in [0.5, 0.6) is 0 Å². The average Bonchev–Trinajstić information content (AvgIpc) is 2.43. The summed E-state index contributed by atoms with van der Waals surface area (Å²) >= 11 is 0. The molecule has 0 radical (unpaired) electrons. The van der Waals surface area contributed by atoms with Gasteiger partial charge in [-0.15, -0.1) is 0 Å². The molecule has 0 bridgehead atoms. The third-order valence-corrected chi connectivity index (χ3v) is 3.81. The van der Waals surface area contributed by atoms with Crippen LogP contribution in [0.3, 0.4) is 0 Å². The van der Waals surface area contributed by atoms with Crippen molar-refractivity contribution in [1.82, 2.24) is 4.90 Å². The van der Waals surface area contributed by atoms with E-state index in [1.54, 1.807) is 23.1 Å². The first-order valence-electron chi connectivity index (χ1n) is 7.04. The van der Waals surface area contributed by atoms with E-state index in [0.717, 1.165) is 6.42 Å². The van der Waals surface area contributed by atoms with Gasteiger partial charge < -0.3 is 15.7 Å². The molecule has 20 heavy (non-hydrogen) atoms. The topological polar surface area (TPSA) is 66.6 Å². The minimum Gasteiger partial charge on any atom is -0.391 e. The van der Waals surface area contributed by atoms with Crippen LogP contribution in [0.25, 0.3) is 0 Å². The summed E-state index contributed by atoms with van der Waals surface area (Å²) in [6.45, 7) is 0.896. The molecule has 1 aliphatic heterocycles. The van der Waals surface area contributed by atoms with Crippen molar-refractivity contribution in [2.24, 2.45) is 5.73 Å². The minimum atomic E-state index is -0.606. The third-order valence-electron chi connectivity index (χ3n) is 3.81. The Morgan fingerprint density at radius 1 is 1.45 bits per heavy atom. The maximum Gasteiger partial charge on any atom is 0.224 e. The number of rotatable bonds is 4. The van der Waals surface area contributed by atoms with Crippen LogP contribution in [0.15, 0.2) is 24.3 Å². The van der Waals surface area contributed by atoms with Gasteiger partial charge in [-0.3, -0.25) is 4.79 Å². The minimum absolute atomic E-state index is 0.0624. The van der Waals surface area contributed by atoms with Gasteiger partial charge in [-0.25, -0.2) is 4.39 Å². The molecule has 5 heteroatoms. The van der Waals surface area contributed by atoms with Crippen LogP contribution in [-0.2, 0) is 11.2 Å². The van der Waals surface area contributed by atoms with Gasteiger partial charge in [0.2, 0.25) is 5.91 Å². The molecule has 0 aromatic heterocycles. The monoisotopic (exact) mass is 280 g/mol. The summed E-state index contributed by atoms with van der Waals surface area (Å²) < 4.78 is 13.7. The lowest BCUT2D eigenvalue weighted by Crippen LogP contribution is -2.52. The van der Waals surface area contributed by atoms with Gasteiger partial charge >= 0.3 is 0 Å². The highest BCUT2D eigenvalue weighted by molar-refractivity contribution is 5.77. The Morgan fingerprint density at radius 3 is 2.90 bits per heavy atom. The Bertz CT molecular complexity index is 467. The number of halogens is 1. The number of hydrogen-bond acceptors (Lipinski definition) is 3. The average molecular weight is 280 g/mol. The summed E-state index contributed by atoms with van der Waals surface area (Å²) in [5, 5.41) is 10.2. The van der Waals surface area contributed by atoms with E-state index in [1.807, 2.05) is 0 Å². The normalized spacial score (nSPS) is 22.9. The third kappa shape index (κ3) is 3.35. The first-order chi connectivity index (χ1) is 9.63. The number of carbonyl (C=O) groups excluding carboxylic acids is 1. The summed E-state index contributed by atoms with van der Waals surface area (Å²) in [6.07, 6.45) is 1.41. The molecule has 1 saturated heterocycles. The summed E-state index contributed by atoms with van der Waals surface area (Å²) in [7, 11) is 0. The Labute approximate surface area is 118 Å². The molecule has 2 atom stereocenters. The highest BCUT2D eigenvalue weighted by Gasteiger charge is 2.33. The highest BCUT2D eigenvalue weighted by atomic mass is 19.1. The number of benzene rings is 1. The van der Waals surface area contributed by atoms with E-state index >= 15 is 0 Å². The molecule has 0 unspecified atom stereocenters. The van der Waals surface area contributed by atoms with E-state index < -0.39 is 6.10 Å². The Morgan fingerprint density at radius 2 is 2.20 bits per heavy atom. The quantitative estimate of drug-likeness (QED) is 0.867. The Hall–Kier alpha value is -1.46. The molecule has 4 nitrogen and oxygen atoms in total. The van der Waals surface area contributed by atoms with E-state index in [9.17, 15) is 14.3 Å². The van der Waals surface area contributed by atoms with Gasteiger partial charge in [-0.05, 0) is 30.9 Å². The van der Waals surface area contributed by atoms with Crippen molar-refractivity contribution in [1.29, 1.82) is 0 Å². The van der Waals surface area contributed by atoms with Crippen molar-refractivity contribution in [3.05, 3.63) is 35.6 Å². The molecule has 1 heterocycles. The standard InChI is InChI=1S/C15H21FN2O2/c16-12-5-2-1-4-11(12)10-13-14(19)6-3-9-18(13)15(20)7-8-17/h1-2,4-5,13-14,19H,3,6-10,17H2/t13-,14-/m0/s1. The smallest absolute Gasteiger partial charge is 0.224 e. The Kier molecular flexibility index (Phi) is 5.09. The van der Waals surface area contributed by atoms with Crippen LogP contribution in [0.4, 0.5) is 4.39 Å². The lowest BCUT2D eigenvalue weighted by atomic mass is 9.92. The van der Waals surface area contributed by atoms with E-state index in [4.69, 9.17) is 5.73 Å². The van der Waals surface area contributed by atoms with E-state index in [-0.39, 0.29) is 30.7 Å². The molecule has 0 aliphatic carbocycles. The van der Waals surface area contributed by atoms with Crippen LogP contribution in [0.2, 0.25) is 0 Å². The lowest BCUT2D eigenvalue weighted by molar-refractivity contribution is -0.138. The number of aliphatic hydroxyl groups excluding tert-OH is 1. The van der Waals surface area contributed by atoms with Crippen LogP contribution in [0.1, 0.15) is 24.8 Å². The SMILES string of the molecule is NCCC(=O)N1CCC[C@H](O)[C@@H]1Cc1ccccc1F. The number of aliphatic hydroxyl groups is 1. The van der Waals surface area contributed by atoms with Gasteiger partial charge in [0.15, 0.2) is 0 Å². The van der Waals surface area contributed by atoms with Crippen molar-refractivity contribution in [2.45, 2.75) is 37.8 Å². The van der Waals surface area contributed by atoms with E-state index in [1.165, 1.54) is 6.07 Å². The number of likely N-dealkylation sites (tertiary alicyclic amines) is 1. The first-order valence-corrected chi connectivity index (χ1v) is 7.04. The van der Waals surface area contributed by atoms with E-state index in [0.29, 0.717) is 24.9 Å². The summed E-state index contributed by atoms with van der Waals surface area (Å²) in [4.78, 5) is 13.7. The first kappa shape index (κ1) is 14.9. The van der Waals surface area contributed by atoms with Crippen molar-refractivity contribution in [2.75, 3.05) is 13.1 Å². The Balaban J connectivity index is 2.16. The van der Waals surface area contributed by atoms with Gasteiger partial charge in [-0.1, -0.05) is 18.2 Å². The fourth-order valence-electron chi connectivity index (χ4n) is 2.75. The van der Waals surface area contributed by atoms with Crippen LogP contribution in [-0.4, -0.2) is 41.1 Å². The van der Waals surface area contributed by atoms with Gasteiger partial charge in [0.25, 0.3) is 0 Å². The maximum atomic E-state index is 13.7. The second kappa shape index (κ2) is 6.81. The molecule has 3 N–H and O–H groups in total. The number of hydrogen-bond donors (Lipinski definition) is 2. The molecule has 1 amide bonds. The zero-order valence-electron chi connectivity index (χ0n) is 11.5. The molecule has 0 saturated carbocycles. The second-order valence-corrected chi connectivity index (χ2v) is 5.20. The maximum absolute atomic E-state index is 13.7. The number of piperidine rings is 1. The van der Waals surface area contributed by atoms with Crippen LogP contribution < -0.4 is 5.73 Å². The van der Waals surface area contributed by atoms with Crippen molar-refractivity contribution in [3.8, 4) is 0 Å². The lowest BCUT2D eigenvalue weighted by Gasteiger charge is -2.39. The highest BCUT2D eigenvalue weighted by Crippen LogP contribution is 2.23. The van der Waals surface area contributed by atoms with Crippen LogP contribution in [0, 0.1) is 5.82 Å². The summed E-state index contributed by atoms with van der Waals surface area (Å²) in [6, 6.07) is 6.13. The molecule has 1 fully saturated rings. The number of nitrogens with zero attached hydrogens (tertiary/aromatic N) is 1. The van der Waals surface area contributed by atoms with Gasteiger partial charge in [-0.2, -0.15) is 0 Å². The van der Waals surface area contributed by atoms with Crippen molar-refractivity contribution in [3.63, 3.8) is 0 Å². The predicted octanol–water partition coefficient (Wildman–Crippen LogP) is 1.07. The molecule has 110 valence electrons. The van der Waals surface area contributed by atoms with Crippen LogP contribution >= 0.6 is 0 Å². The second-order valence-electron chi connectivity index (χ2n) is 5.20. The van der Waals surface area contributed by atoms with Crippen molar-refractivity contribution >= 4 is 5.91 Å². The van der Waals surface area contributed by atoms with Gasteiger partial charge in [0.1, 0.15) is 5.82 Å². The van der Waals surface area contributed by atoms with Gasteiger partial charge in [0, 0.05) is 19.5 Å². The van der Waals surface area contributed by atoms with E-state index in [2.05, 4.69) is 0 Å². The number of amides is 1. The fourth-order valence-corrected chi connectivity index (χ4v) is 2.75. The fraction of sp³-hybridized carbons (Fsp3) is 0.533. The molecule has 0 spiro atoms.